The minimum atomic E-state index is -0.426. The molecule has 0 spiro atoms. The Labute approximate surface area is 108 Å². The molecule has 100 valence electrons. The number of nitrogens with zero attached hydrogens (tertiary/aromatic N) is 1. The summed E-state index contributed by atoms with van der Waals surface area (Å²) in [6, 6.07) is 6.82. The molecule has 0 aliphatic rings. The van der Waals surface area contributed by atoms with Crippen LogP contribution in [0.1, 0.15) is 24.2 Å². The molecule has 0 atom stereocenters. The van der Waals surface area contributed by atoms with Crippen LogP contribution in [0.3, 0.4) is 0 Å². The van der Waals surface area contributed by atoms with Gasteiger partial charge in [0.25, 0.3) is 0 Å². The van der Waals surface area contributed by atoms with Crippen LogP contribution in [-0.2, 0) is 0 Å². The first-order chi connectivity index (χ1) is 8.67. The number of rotatable bonds is 8. The molecule has 0 saturated carbocycles. The predicted molar refractivity (Wildman–Crippen MR) is 71.4 cm³/mol. The number of hydrazine groups is 1. The molecule has 18 heavy (non-hydrogen) atoms. The zero-order valence-corrected chi connectivity index (χ0v) is 11.0. The van der Waals surface area contributed by atoms with E-state index in [1.54, 1.807) is 24.3 Å². The van der Waals surface area contributed by atoms with E-state index < -0.39 is 5.91 Å². The van der Waals surface area contributed by atoms with Crippen LogP contribution in [0.2, 0.25) is 0 Å². The Morgan fingerprint density at radius 3 is 2.39 bits per heavy atom. The topological polar surface area (TPSA) is 67.6 Å². The van der Waals surface area contributed by atoms with E-state index in [2.05, 4.69) is 24.3 Å². The van der Waals surface area contributed by atoms with Crippen molar-refractivity contribution < 1.29 is 9.53 Å². The Morgan fingerprint density at radius 1 is 1.28 bits per heavy atom. The highest BCUT2D eigenvalue weighted by atomic mass is 16.5. The number of hydrogen-bond donors (Lipinski definition) is 2. The maximum atomic E-state index is 10.9. The molecule has 3 N–H and O–H groups in total. The molecule has 0 saturated heterocycles. The minimum Gasteiger partial charge on any atom is -0.492 e. The Bertz CT molecular complexity index is 361. The number of amides is 1. The number of carbonyl (C=O) groups excluding carboxylic acids is 1. The number of ether oxygens (including phenoxy) is 1. The van der Waals surface area contributed by atoms with Crippen LogP contribution in [0.25, 0.3) is 0 Å². The predicted octanol–water partition coefficient (Wildman–Crippen LogP) is 1.01. The third-order valence-corrected chi connectivity index (χ3v) is 2.61. The average Bonchev–Trinajstić information content (AvgIpc) is 2.39. The van der Waals surface area contributed by atoms with Gasteiger partial charge in [-0.15, -0.1) is 0 Å². The summed E-state index contributed by atoms with van der Waals surface area (Å²) in [5, 5.41) is 2.11. The van der Waals surface area contributed by atoms with Gasteiger partial charge in [-0.05, 0) is 24.3 Å². The van der Waals surface area contributed by atoms with Crippen LogP contribution in [0.4, 0.5) is 0 Å². The Balaban J connectivity index is 2.29. The largest absolute Gasteiger partial charge is 0.492 e. The smallest absolute Gasteiger partial charge is 0.248 e. The fourth-order valence-electron chi connectivity index (χ4n) is 1.54. The van der Waals surface area contributed by atoms with E-state index in [0.717, 1.165) is 25.4 Å². The summed E-state index contributed by atoms with van der Waals surface area (Å²) < 4.78 is 5.54. The van der Waals surface area contributed by atoms with Crippen molar-refractivity contribution in [1.82, 2.24) is 10.4 Å². The van der Waals surface area contributed by atoms with Crippen molar-refractivity contribution in [2.45, 2.75) is 13.8 Å². The van der Waals surface area contributed by atoms with Crippen molar-refractivity contribution >= 4 is 5.91 Å². The van der Waals surface area contributed by atoms with Crippen LogP contribution in [0.15, 0.2) is 24.3 Å². The molecule has 1 aromatic rings. The van der Waals surface area contributed by atoms with Gasteiger partial charge in [0, 0.05) is 25.2 Å². The van der Waals surface area contributed by atoms with Crippen LogP contribution in [0, 0.1) is 0 Å². The van der Waals surface area contributed by atoms with Gasteiger partial charge in [0.15, 0.2) is 0 Å². The van der Waals surface area contributed by atoms with Crippen molar-refractivity contribution in [2.24, 2.45) is 5.73 Å². The molecular weight excluding hydrogens is 230 g/mol. The van der Waals surface area contributed by atoms with E-state index in [9.17, 15) is 4.79 Å². The zero-order valence-electron chi connectivity index (χ0n) is 11.0. The molecule has 0 aromatic heterocycles. The summed E-state index contributed by atoms with van der Waals surface area (Å²) in [5.41, 5.74) is 8.90. The molecule has 0 fully saturated rings. The first-order valence-electron chi connectivity index (χ1n) is 6.18. The van der Waals surface area contributed by atoms with E-state index >= 15 is 0 Å². The third kappa shape index (κ3) is 4.73. The van der Waals surface area contributed by atoms with Gasteiger partial charge < -0.3 is 10.5 Å². The second kappa shape index (κ2) is 7.68. The van der Waals surface area contributed by atoms with E-state index in [1.807, 2.05) is 0 Å². The Hall–Kier alpha value is -1.59. The van der Waals surface area contributed by atoms with Gasteiger partial charge in [0.1, 0.15) is 12.4 Å². The number of nitrogens with two attached hydrogens (primary N) is 1. The monoisotopic (exact) mass is 251 g/mol. The minimum absolute atomic E-state index is 0.426. The normalized spacial score (nSPS) is 10.6. The number of primary amides is 1. The highest BCUT2D eigenvalue weighted by molar-refractivity contribution is 5.92. The van der Waals surface area contributed by atoms with Crippen molar-refractivity contribution in [2.75, 3.05) is 26.2 Å². The molecule has 0 heterocycles. The summed E-state index contributed by atoms with van der Waals surface area (Å²) in [6.45, 7) is 7.44. The van der Waals surface area contributed by atoms with Gasteiger partial charge in [0.05, 0.1) is 0 Å². The van der Waals surface area contributed by atoms with E-state index in [1.165, 1.54) is 0 Å². The first kappa shape index (κ1) is 14.5. The van der Waals surface area contributed by atoms with Crippen molar-refractivity contribution in [1.29, 1.82) is 0 Å². The molecule has 0 bridgehead atoms. The van der Waals surface area contributed by atoms with Crippen LogP contribution in [0.5, 0.6) is 5.75 Å². The summed E-state index contributed by atoms with van der Waals surface area (Å²) >= 11 is 0. The van der Waals surface area contributed by atoms with Crippen molar-refractivity contribution in [3.63, 3.8) is 0 Å². The fourth-order valence-corrected chi connectivity index (χ4v) is 1.54. The standard InChI is InChI=1S/C13H21N3O2/c1-3-16(4-2)15-9-10-18-12-7-5-11(6-8-12)13(14)17/h5-8,15H,3-4,9-10H2,1-2H3,(H2,14,17). The molecule has 0 aliphatic carbocycles. The van der Waals surface area contributed by atoms with Crippen molar-refractivity contribution in [3.8, 4) is 5.75 Å². The fraction of sp³-hybridized carbons (Fsp3) is 0.462. The molecular formula is C13H21N3O2. The number of hydrogen-bond acceptors (Lipinski definition) is 4. The lowest BCUT2D eigenvalue weighted by atomic mass is 10.2. The van der Waals surface area contributed by atoms with Crippen LogP contribution >= 0.6 is 0 Å². The van der Waals surface area contributed by atoms with Crippen molar-refractivity contribution in [3.05, 3.63) is 29.8 Å². The molecule has 5 nitrogen and oxygen atoms in total. The van der Waals surface area contributed by atoms with E-state index in [-0.39, 0.29) is 0 Å². The zero-order chi connectivity index (χ0) is 13.4. The van der Waals surface area contributed by atoms with E-state index in [4.69, 9.17) is 10.5 Å². The third-order valence-electron chi connectivity index (χ3n) is 2.61. The summed E-state index contributed by atoms with van der Waals surface area (Å²) in [7, 11) is 0. The quantitative estimate of drug-likeness (QED) is 0.534. The number of nitrogens with one attached hydrogen (secondary N) is 1. The summed E-state index contributed by atoms with van der Waals surface area (Å²) in [4.78, 5) is 10.9. The van der Waals surface area contributed by atoms with Crippen LogP contribution in [-0.4, -0.2) is 37.2 Å². The molecule has 1 aromatic carbocycles. The molecule has 0 radical (unpaired) electrons. The second-order valence-corrected chi connectivity index (χ2v) is 3.82. The Morgan fingerprint density at radius 2 is 1.89 bits per heavy atom. The number of benzene rings is 1. The lowest BCUT2D eigenvalue weighted by Gasteiger charge is -2.19. The molecule has 1 rings (SSSR count). The SMILES string of the molecule is CCN(CC)NCCOc1ccc(C(N)=O)cc1. The lowest BCUT2D eigenvalue weighted by molar-refractivity contribution is 0.100. The van der Waals surface area contributed by atoms with Gasteiger partial charge in [-0.3, -0.25) is 10.2 Å². The average molecular weight is 251 g/mol. The first-order valence-corrected chi connectivity index (χ1v) is 6.18. The van der Waals surface area contributed by atoms with Crippen LogP contribution < -0.4 is 15.9 Å². The molecule has 1 amide bonds. The molecule has 0 unspecified atom stereocenters. The highest BCUT2D eigenvalue weighted by Gasteiger charge is 2.00. The van der Waals surface area contributed by atoms with Gasteiger partial charge >= 0.3 is 0 Å². The summed E-state index contributed by atoms with van der Waals surface area (Å²) in [5.74, 6) is 0.311. The second-order valence-electron chi connectivity index (χ2n) is 3.82. The maximum absolute atomic E-state index is 10.9. The van der Waals surface area contributed by atoms with E-state index in [0.29, 0.717) is 12.2 Å². The maximum Gasteiger partial charge on any atom is 0.248 e. The molecule has 0 aliphatic heterocycles. The Kier molecular flexibility index (Phi) is 6.18. The van der Waals surface area contributed by atoms with Gasteiger partial charge in [-0.2, -0.15) is 0 Å². The highest BCUT2D eigenvalue weighted by Crippen LogP contribution is 2.11. The number of carbonyl (C=O) groups is 1. The molecule has 5 heteroatoms. The summed E-state index contributed by atoms with van der Waals surface area (Å²) in [6.07, 6.45) is 0. The van der Waals surface area contributed by atoms with Gasteiger partial charge in [0.2, 0.25) is 5.91 Å². The lowest BCUT2D eigenvalue weighted by Crippen LogP contribution is -2.39. The van der Waals surface area contributed by atoms with Gasteiger partial charge in [-0.25, -0.2) is 5.01 Å². The van der Waals surface area contributed by atoms with Gasteiger partial charge in [-0.1, -0.05) is 13.8 Å².